The van der Waals surface area contributed by atoms with Gasteiger partial charge in [-0.05, 0) is 49.4 Å². The van der Waals surface area contributed by atoms with Crippen LogP contribution < -0.4 is 9.47 Å². The standard InChI is InChI=1S/C21H21BrN4O4S/c1-4-11-30-19-10-5-15(22)12-18(19)20(13-25(27)28)31-21-24-23-14(2)26(21)16-6-8-17(29-3)9-7-16/h4-10,12,20H,1,11,13H2,2-3H3/t20-/m1/s1. The highest BCUT2D eigenvalue weighted by atomic mass is 79.9. The molecule has 3 rings (SSSR count). The molecule has 0 saturated heterocycles. The predicted molar refractivity (Wildman–Crippen MR) is 123 cm³/mol. The van der Waals surface area contributed by atoms with Crippen LogP contribution in [-0.4, -0.2) is 39.9 Å². The molecular formula is C21H21BrN4O4S. The molecule has 10 heteroatoms. The van der Waals surface area contributed by atoms with Crippen molar-refractivity contribution in [3.05, 3.63) is 81.1 Å². The van der Waals surface area contributed by atoms with Crippen molar-refractivity contribution < 1.29 is 14.4 Å². The molecule has 8 nitrogen and oxygen atoms in total. The molecule has 162 valence electrons. The van der Waals surface area contributed by atoms with Crippen molar-refractivity contribution in [2.24, 2.45) is 0 Å². The maximum atomic E-state index is 11.5. The van der Waals surface area contributed by atoms with Crippen molar-refractivity contribution in [1.82, 2.24) is 14.8 Å². The Bertz CT molecular complexity index is 1070. The van der Waals surface area contributed by atoms with Gasteiger partial charge in [-0.1, -0.05) is 40.3 Å². The Hall–Kier alpha value is -2.85. The van der Waals surface area contributed by atoms with E-state index in [2.05, 4.69) is 32.7 Å². The van der Waals surface area contributed by atoms with Crippen molar-refractivity contribution in [3.8, 4) is 17.2 Å². The fourth-order valence-corrected chi connectivity index (χ4v) is 4.53. The molecule has 1 atom stereocenters. The largest absolute Gasteiger partial charge is 0.497 e. The van der Waals surface area contributed by atoms with Gasteiger partial charge in [-0.15, -0.1) is 10.2 Å². The number of methoxy groups -OCH3 is 1. The van der Waals surface area contributed by atoms with Gasteiger partial charge in [0, 0.05) is 20.6 Å². The summed E-state index contributed by atoms with van der Waals surface area (Å²) in [5.41, 5.74) is 1.53. The Balaban J connectivity index is 2.01. The highest BCUT2D eigenvalue weighted by Crippen LogP contribution is 2.41. The molecule has 0 aliphatic rings. The van der Waals surface area contributed by atoms with E-state index in [1.165, 1.54) is 11.8 Å². The van der Waals surface area contributed by atoms with Gasteiger partial charge in [-0.2, -0.15) is 0 Å². The van der Waals surface area contributed by atoms with E-state index in [0.29, 0.717) is 28.9 Å². The summed E-state index contributed by atoms with van der Waals surface area (Å²) in [6, 6.07) is 12.9. The van der Waals surface area contributed by atoms with E-state index >= 15 is 0 Å². The number of nitrogens with zero attached hydrogens (tertiary/aromatic N) is 4. The number of rotatable bonds is 10. The molecule has 1 aromatic heterocycles. The van der Waals surface area contributed by atoms with Crippen LogP contribution >= 0.6 is 27.7 Å². The lowest BCUT2D eigenvalue weighted by Gasteiger charge is -2.18. The minimum atomic E-state index is -0.548. The summed E-state index contributed by atoms with van der Waals surface area (Å²) in [6.07, 6.45) is 1.63. The van der Waals surface area contributed by atoms with E-state index < -0.39 is 5.25 Å². The smallest absolute Gasteiger partial charge is 0.220 e. The quantitative estimate of drug-likeness (QED) is 0.165. The van der Waals surface area contributed by atoms with Crippen LogP contribution in [0.15, 0.2) is 64.7 Å². The summed E-state index contributed by atoms with van der Waals surface area (Å²) < 4.78 is 13.6. The minimum Gasteiger partial charge on any atom is -0.497 e. The molecule has 0 radical (unpaired) electrons. The number of aromatic nitrogens is 3. The molecule has 0 aliphatic heterocycles. The van der Waals surface area contributed by atoms with Gasteiger partial charge in [-0.3, -0.25) is 14.7 Å². The van der Waals surface area contributed by atoms with Gasteiger partial charge in [0.05, 0.1) is 7.11 Å². The fraction of sp³-hybridized carbons (Fsp3) is 0.238. The van der Waals surface area contributed by atoms with Gasteiger partial charge >= 0.3 is 0 Å². The fourth-order valence-electron chi connectivity index (χ4n) is 2.96. The second-order valence-electron chi connectivity index (χ2n) is 6.47. The second kappa shape index (κ2) is 10.5. The number of ether oxygens (including phenoxy) is 2. The topological polar surface area (TPSA) is 92.3 Å². The van der Waals surface area contributed by atoms with Crippen molar-refractivity contribution in [2.75, 3.05) is 20.3 Å². The van der Waals surface area contributed by atoms with Crippen LogP contribution in [0, 0.1) is 17.0 Å². The normalized spacial score (nSPS) is 11.7. The average Bonchev–Trinajstić information content (AvgIpc) is 3.12. The molecule has 0 bridgehead atoms. The molecule has 0 spiro atoms. The van der Waals surface area contributed by atoms with Gasteiger partial charge in [0.1, 0.15) is 29.2 Å². The number of benzene rings is 2. The number of thioether (sulfide) groups is 1. The second-order valence-corrected chi connectivity index (χ2v) is 8.55. The lowest BCUT2D eigenvalue weighted by molar-refractivity contribution is -0.479. The van der Waals surface area contributed by atoms with E-state index in [9.17, 15) is 10.1 Å². The first-order valence-electron chi connectivity index (χ1n) is 9.31. The van der Waals surface area contributed by atoms with Crippen LogP contribution in [0.2, 0.25) is 0 Å². The van der Waals surface area contributed by atoms with Gasteiger partial charge in [0.2, 0.25) is 6.54 Å². The highest BCUT2D eigenvalue weighted by Gasteiger charge is 2.27. The van der Waals surface area contributed by atoms with E-state index in [4.69, 9.17) is 9.47 Å². The summed E-state index contributed by atoms with van der Waals surface area (Å²) in [5.74, 6) is 1.97. The first-order chi connectivity index (χ1) is 14.9. The first-order valence-corrected chi connectivity index (χ1v) is 11.0. The molecule has 1 heterocycles. The molecule has 0 saturated carbocycles. The van der Waals surface area contributed by atoms with Crippen LogP contribution in [0.25, 0.3) is 5.69 Å². The van der Waals surface area contributed by atoms with Gasteiger partial charge < -0.3 is 9.47 Å². The molecule has 0 N–H and O–H groups in total. The van der Waals surface area contributed by atoms with Crippen LogP contribution in [-0.2, 0) is 0 Å². The summed E-state index contributed by atoms with van der Waals surface area (Å²) in [5, 5.41) is 19.9. The number of nitro groups is 1. The molecule has 2 aromatic carbocycles. The molecule has 0 fully saturated rings. The lowest BCUT2D eigenvalue weighted by atomic mass is 10.1. The Morgan fingerprint density at radius 3 is 2.68 bits per heavy atom. The monoisotopic (exact) mass is 504 g/mol. The highest BCUT2D eigenvalue weighted by molar-refractivity contribution is 9.10. The third-order valence-corrected chi connectivity index (χ3v) is 6.02. The van der Waals surface area contributed by atoms with Crippen LogP contribution in [0.3, 0.4) is 0 Å². The Kier molecular flexibility index (Phi) is 7.69. The molecule has 0 amide bonds. The van der Waals surface area contributed by atoms with Crippen molar-refractivity contribution in [3.63, 3.8) is 0 Å². The first kappa shape index (κ1) is 22.8. The number of halogens is 1. The van der Waals surface area contributed by atoms with Gasteiger partial charge in [0.15, 0.2) is 5.16 Å². The van der Waals surface area contributed by atoms with Crippen molar-refractivity contribution in [2.45, 2.75) is 17.3 Å². The molecular weight excluding hydrogens is 484 g/mol. The Labute approximate surface area is 192 Å². The molecule has 3 aromatic rings. The predicted octanol–water partition coefficient (Wildman–Crippen LogP) is 5.02. The summed E-state index contributed by atoms with van der Waals surface area (Å²) in [4.78, 5) is 11.1. The van der Waals surface area contributed by atoms with Crippen molar-refractivity contribution in [1.29, 1.82) is 0 Å². The third-order valence-electron chi connectivity index (χ3n) is 4.36. The van der Waals surface area contributed by atoms with E-state index in [0.717, 1.165) is 15.9 Å². The lowest BCUT2D eigenvalue weighted by Crippen LogP contribution is -2.12. The maximum absolute atomic E-state index is 11.5. The molecule has 0 unspecified atom stereocenters. The zero-order valence-corrected chi connectivity index (χ0v) is 19.4. The van der Waals surface area contributed by atoms with Crippen LogP contribution in [0.1, 0.15) is 16.6 Å². The SMILES string of the molecule is C=CCOc1ccc(Br)cc1[C@@H](C[N+](=O)[O-])Sc1nnc(C)n1-c1ccc(OC)cc1. The zero-order valence-electron chi connectivity index (χ0n) is 17.0. The summed E-state index contributed by atoms with van der Waals surface area (Å²) in [7, 11) is 1.60. The van der Waals surface area contributed by atoms with E-state index in [-0.39, 0.29) is 11.5 Å². The Morgan fingerprint density at radius 1 is 1.29 bits per heavy atom. The van der Waals surface area contributed by atoms with Crippen LogP contribution in [0.4, 0.5) is 0 Å². The zero-order chi connectivity index (χ0) is 22.4. The summed E-state index contributed by atoms with van der Waals surface area (Å²) in [6.45, 7) is 5.49. The maximum Gasteiger partial charge on any atom is 0.220 e. The number of hydrogen-bond acceptors (Lipinski definition) is 7. The molecule has 31 heavy (non-hydrogen) atoms. The van der Waals surface area contributed by atoms with Crippen LogP contribution in [0.5, 0.6) is 11.5 Å². The average molecular weight is 505 g/mol. The van der Waals surface area contributed by atoms with E-state index in [1.54, 1.807) is 19.3 Å². The van der Waals surface area contributed by atoms with Gasteiger partial charge in [-0.25, -0.2) is 0 Å². The number of hydrogen-bond donors (Lipinski definition) is 0. The summed E-state index contributed by atoms with van der Waals surface area (Å²) >= 11 is 4.72. The minimum absolute atomic E-state index is 0.297. The van der Waals surface area contributed by atoms with Gasteiger partial charge in [0.25, 0.3) is 0 Å². The number of aryl methyl sites for hydroxylation is 1. The van der Waals surface area contributed by atoms with Crippen molar-refractivity contribution >= 4 is 27.7 Å². The third kappa shape index (κ3) is 5.65. The van der Waals surface area contributed by atoms with E-state index in [1.807, 2.05) is 47.9 Å². The Morgan fingerprint density at radius 2 is 2.03 bits per heavy atom. The molecule has 0 aliphatic carbocycles.